The molecule has 0 saturated carbocycles. The fourth-order valence-electron chi connectivity index (χ4n) is 2.91. The van der Waals surface area contributed by atoms with Crippen LogP contribution < -0.4 is 10.6 Å². The molecule has 0 spiro atoms. The molecule has 7 heteroatoms. The minimum absolute atomic E-state index is 0.00403. The van der Waals surface area contributed by atoms with Gasteiger partial charge in [0.1, 0.15) is 11.9 Å². The molecule has 4 heterocycles. The van der Waals surface area contributed by atoms with Gasteiger partial charge in [0.25, 0.3) is 0 Å². The maximum atomic E-state index is 5.63. The lowest BCUT2D eigenvalue weighted by Gasteiger charge is -2.17. The molecule has 1 aliphatic rings. The lowest BCUT2D eigenvalue weighted by Crippen LogP contribution is -2.16. The molecule has 6 nitrogen and oxygen atoms in total. The molecule has 4 rings (SSSR count). The van der Waals surface area contributed by atoms with Crippen molar-refractivity contribution < 1.29 is 4.74 Å². The van der Waals surface area contributed by atoms with Gasteiger partial charge in [0.2, 0.25) is 0 Å². The quantitative estimate of drug-likeness (QED) is 0.710. The Hall–Kier alpha value is -2.35. The predicted octanol–water partition coefficient (Wildman–Crippen LogP) is 3.00. The first-order valence-corrected chi connectivity index (χ1v) is 9.04. The number of aromatic nitrogens is 3. The van der Waals surface area contributed by atoms with Gasteiger partial charge in [-0.3, -0.25) is 4.98 Å². The summed E-state index contributed by atoms with van der Waals surface area (Å²) in [6.07, 6.45) is 3.52. The van der Waals surface area contributed by atoms with E-state index in [1.807, 2.05) is 18.2 Å². The van der Waals surface area contributed by atoms with Gasteiger partial charge in [0, 0.05) is 55.1 Å². The third-order valence-corrected chi connectivity index (χ3v) is 5.19. The maximum absolute atomic E-state index is 5.63. The van der Waals surface area contributed by atoms with Crippen LogP contribution in [0.15, 0.2) is 42.0 Å². The number of hydrogen-bond acceptors (Lipinski definition) is 7. The summed E-state index contributed by atoms with van der Waals surface area (Å²) in [5, 5.41) is 8.89. The van der Waals surface area contributed by atoms with Crippen LogP contribution in [0.2, 0.25) is 0 Å². The van der Waals surface area contributed by atoms with Crippen LogP contribution in [-0.4, -0.2) is 28.6 Å². The Morgan fingerprint density at radius 2 is 2.12 bits per heavy atom. The van der Waals surface area contributed by atoms with Gasteiger partial charge in [-0.05, 0) is 23.6 Å². The number of ether oxygens (including phenoxy) is 1. The summed E-state index contributed by atoms with van der Waals surface area (Å²) in [6.45, 7) is 2.21. The maximum Gasteiger partial charge on any atom is 0.161 e. The van der Waals surface area contributed by atoms with Gasteiger partial charge < -0.3 is 15.4 Å². The fraction of sp³-hybridized carbons (Fsp3) is 0.278. The molecule has 0 saturated heterocycles. The SMILES string of the molecule is CO[C@H](CNc1nc(-c2ccncc2)nc2c1CNC2)c1cccs1. The van der Waals surface area contributed by atoms with E-state index in [1.165, 1.54) is 4.88 Å². The zero-order valence-electron chi connectivity index (χ0n) is 13.9. The van der Waals surface area contributed by atoms with Crippen LogP contribution in [0.25, 0.3) is 11.4 Å². The standard InChI is InChI=1S/C18H19N5OS/c1-24-15(16-3-2-8-25-16)11-21-18-13-9-20-10-14(13)22-17(23-18)12-4-6-19-7-5-12/h2-8,15,20H,9-11H2,1H3,(H,21,22,23)/t15-/m1/s1. The highest BCUT2D eigenvalue weighted by molar-refractivity contribution is 7.10. The Morgan fingerprint density at radius 3 is 2.88 bits per heavy atom. The van der Waals surface area contributed by atoms with Crippen molar-refractivity contribution in [3.05, 3.63) is 58.2 Å². The molecule has 0 bridgehead atoms. The van der Waals surface area contributed by atoms with E-state index in [0.717, 1.165) is 41.6 Å². The molecule has 1 atom stereocenters. The monoisotopic (exact) mass is 353 g/mol. The number of thiophene rings is 1. The second-order valence-electron chi connectivity index (χ2n) is 5.78. The number of nitrogens with zero attached hydrogens (tertiary/aromatic N) is 3. The average Bonchev–Trinajstić information content (AvgIpc) is 3.34. The zero-order valence-corrected chi connectivity index (χ0v) is 14.7. The lowest BCUT2D eigenvalue weighted by molar-refractivity contribution is 0.117. The fourth-order valence-corrected chi connectivity index (χ4v) is 3.71. The van der Waals surface area contributed by atoms with Crippen LogP contribution in [0.3, 0.4) is 0 Å². The second kappa shape index (κ2) is 7.26. The van der Waals surface area contributed by atoms with Gasteiger partial charge in [-0.25, -0.2) is 9.97 Å². The number of rotatable bonds is 6. The summed E-state index contributed by atoms with van der Waals surface area (Å²) in [7, 11) is 1.74. The first-order chi connectivity index (χ1) is 12.3. The van der Waals surface area contributed by atoms with Crippen molar-refractivity contribution in [2.45, 2.75) is 19.2 Å². The van der Waals surface area contributed by atoms with Gasteiger partial charge in [-0.1, -0.05) is 6.07 Å². The van der Waals surface area contributed by atoms with Crippen molar-refractivity contribution in [3.8, 4) is 11.4 Å². The van der Waals surface area contributed by atoms with Crippen molar-refractivity contribution in [2.75, 3.05) is 19.0 Å². The summed E-state index contributed by atoms with van der Waals surface area (Å²) in [4.78, 5) is 14.7. The average molecular weight is 353 g/mol. The molecular weight excluding hydrogens is 334 g/mol. The van der Waals surface area contributed by atoms with Crippen LogP contribution in [0, 0.1) is 0 Å². The molecule has 0 fully saturated rings. The van der Waals surface area contributed by atoms with E-state index in [0.29, 0.717) is 6.54 Å². The summed E-state index contributed by atoms with van der Waals surface area (Å²) in [5.74, 6) is 1.60. The van der Waals surface area contributed by atoms with Crippen LogP contribution in [0.5, 0.6) is 0 Å². The van der Waals surface area contributed by atoms with Crippen LogP contribution in [0.1, 0.15) is 22.2 Å². The number of hydrogen-bond donors (Lipinski definition) is 2. The van der Waals surface area contributed by atoms with Crippen molar-refractivity contribution in [3.63, 3.8) is 0 Å². The van der Waals surface area contributed by atoms with E-state index in [2.05, 4.69) is 27.1 Å². The smallest absolute Gasteiger partial charge is 0.161 e. The molecule has 0 radical (unpaired) electrons. The molecule has 3 aromatic heterocycles. The van der Waals surface area contributed by atoms with Gasteiger partial charge >= 0.3 is 0 Å². The van der Waals surface area contributed by atoms with Crippen LogP contribution >= 0.6 is 11.3 Å². The molecule has 0 unspecified atom stereocenters. The number of nitrogens with one attached hydrogen (secondary N) is 2. The molecule has 1 aliphatic heterocycles. The van der Waals surface area contributed by atoms with E-state index < -0.39 is 0 Å². The molecule has 0 aromatic carbocycles. The summed E-state index contributed by atoms with van der Waals surface area (Å²) >= 11 is 1.70. The van der Waals surface area contributed by atoms with Crippen molar-refractivity contribution in [1.29, 1.82) is 0 Å². The number of fused-ring (bicyclic) bond motifs is 1. The second-order valence-corrected chi connectivity index (χ2v) is 6.76. The highest BCUT2D eigenvalue weighted by atomic mass is 32.1. The number of anilines is 1. The Kier molecular flexibility index (Phi) is 4.69. The molecule has 0 aliphatic carbocycles. The van der Waals surface area contributed by atoms with Gasteiger partial charge in [0.15, 0.2) is 5.82 Å². The first-order valence-electron chi connectivity index (χ1n) is 8.16. The van der Waals surface area contributed by atoms with Gasteiger partial charge in [0.05, 0.1) is 5.69 Å². The summed E-state index contributed by atoms with van der Waals surface area (Å²) in [6, 6.07) is 7.99. The van der Waals surface area contributed by atoms with E-state index in [1.54, 1.807) is 30.8 Å². The number of pyridine rings is 1. The highest BCUT2D eigenvalue weighted by Gasteiger charge is 2.21. The van der Waals surface area contributed by atoms with E-state index >= 15 is 0 Å². The third kappa shape index (κ3) is 3.39. The predicted molar refractivity (Wildman–Crippen MR) is 98.4 cm³/mol. The minimum atomic E-state index is 0.00403. The van der Waals surface area contributed by atoms with E-state index in [-0.39, 0.29) is 6.10 Å². The van der Waals surface area contributed by atoms with Gasteiger partial charge in [-0.15, -0.1) is 11.3 Å². The zero-order chi connectivity index (χ0) is 17.1. The Labute approximate surface area is 150 Å². The lowest BCUT2D eigenvalue weighted by atomic mass is 10.2. The highest BCUT2D eigenvalue weighted by Crippen LogP contribution is 2.27. The van der Waals surface area contributed by atoms with Crippen LogP contribution in [0.4, 0.5) is 5.82 Å². The molecule has 3 aromatic rings. The summed E-state index contributed by atoms with van der Waals surface area (Å²) < 4.78 is 5.63. The van der Waals surface area contributed by atoms with Crippen LogP contribution in [-0.2, 0) is 17.8 Å². The Morgan fingerprint density at radius 1 is 1.24 bits per heavy atom. The third-order valence-electron chi connectivity index (χ3n) is 4.23. The first kappa shape index (κ1) is 16.1. The largest absolute Gasteiger partial charge is 0.374 e. The Balaban J connectivity index is 1.61. The van der Waals surface area contributed by atoms with E-state index in [4.69, 9.17) is 14.7 Å². The van der Waals surface area contributed by atoms with Gasteiger partial charge in [-0.2, -0.15) is 0 Å². The van der Waals surface area contributed by atoms with Crippen molar-refractivity contribution >= 4 is 17.2 Å². The topological polar surface area (TPSA) is 72.0 Å². The normalized spacial score (nSPS) is 14.3. The molecular formula is C18H19N5OS. The summed E-state index contributed by atoms with van der Waals surface area (Å²) in [5.41, 5.74) is 3.16. The Bertz CT molecular complexity index is 838. The molecule has 25 heavy (non-hydrogen) atoms. The molecule has 128 valence electrons. The van der Waals surface area contributed by atoms with Crippen molar-refractivity contribution in [1.82, 2.24) is 20.3 Å². The van der Waals surface area contributed by atoms with Crippen molar-refractivity contribution in [2.24, 2.45) is 0 Å². The number of methoxy groups -OCH3 is 1. The minimum Gasteiger partial charge on any atom is -0.374 e. The van der Waals surface area contributed by atoms with E-state index in [9.17, 15) is 0 Å². The molecule has 2 N–H and O–H groups in total. The molecule has 0 amide bonds.